The van der Waals surface area contributed by atoms with Crippen molar-refractivity contribution in [3.63, 3.8) is 0 Å². The van der Waals surface area contributed by atoms with Gasteiger partial charge in [-0.2, -0.15) is 0 Å². The normalized spacial score (nSPS) is 20.8. The van der Waals surface area contributed by atoms with Gasteiger partial charge in [0.05, 0.1) is 18.4 Å². The van der Waals surface area contributed by atoms with Crippen LogP contribution in [-0.4, -0.2) is 41.0 Å². The Morgan fingerprint density at radius 2 is 1.92 bits per heavy atom. The average Bonchev–Trinajstić information content (AvgIpc) is 3.24. The summed E-state index contributed by atoms with van der Waals surface area (Å²) in [4.78, 5) is 19.0. The second kappa shape index (κ2) is 5.77. The molecule has 6 nitrogen and oxygen atoms in total. The number of nitrogens with zero attached hydrogens (tertiary/aromatic N) is 5. The standard InChI is InChI=1S/C20H24N6/c1-20(21)7-10-25(11-8-20)17-13-22-18-15(24-17)12-23-19(18)26-9-6-14-4-2-3-5-16(14)26/h2-5,13H,6-12,21H2,1H3. The van der Waals surface area contributed by atoms with Crippen molar-refractivity contribution in [3.8, 4) is 0 Å². The molecule has 134 valence electrons. The van der Waals surface area contributed by atoms with E-state index in [1.54, 1.807) is 0 Å². The van der Waals surface area contributed by atoms with Crippen molar-refractivity contribution in [2.24, 2.45) is 10.7 Å². The number of fused-ring (bicyclic) bond motifs is 2. The Morgan fingerprint density at radius 3 is 2.77 bits per heavy atom. The van der Waals surface area contributed by atoms with Crippen LogP contribution in [0.15, 0.2) is 35.5 Å². The predicted octanol–water partition coefficient (Wildman–Crippen LogP) is 2.12. The maximum atomic E-state index is 6.25. The van der Waals surface area contributed by atoms with Gasteiger partial charge in [0.15, 0.2) is 5.84 Å². The van der Waals surface area contributed by atoms with Crippen molar-refractivity contribution in [3.05, 3.63) is 47.4 Å². The Kier molecular flexibility index (Phi) is 3.50. The first-order valence-electron chi connectivity index (χ1n) is 9.41. The van der Waals surface area contributed by atoms with Gasteiger partial charge in [0.1, 0.15) is 11.5 Å². The summed E-state index contributed by atoms with van der Waals surface area (Å²) in [6.07, 6.45) is 4.93. The average molecular weight is 348 g/mol. The molecule has 2 aromatic rings. The largest absolute Gasteiger partial charge is 0.355 e. The van der Waals surface area contributed by atoms with Crippen molar-refractivity contribution >= 4 is 17.3 Å². The van der Waals surface area contributed by atoms with Gasteiger partial charge in [-0.1, -0.05) is 18.2 Å². The van der Waals surface area contributed by atoms with Gasteiger partial charge in [-0.3, -0.25) is 4.99 Å². The predicted molar refractivity (Wildman–Crippen MR) is 104 cm³/mol. The number of amidine groups is 1. The summed E-state index contributed by atoms with van der Waals surface area (Å²) >= 11 is 0. The van der Waals surface area contributed by atoms with Crippen LogP contribution in [0.25, 0.3) is 0 Å². The van der Waals surface area contributed by atoms with Crippen molar-refractivity contribution < 1.29 is 0 Å². The highest BCUT2D eigenvalue weighted by Crippen LogP contribution is 2.32. The first kappa shape index (κ1) is 15.8. The quantitative estimate of drug-likeness (QED) is 0.855. The van der Waals surface area contributed by atoms with E-state index >= 15 is 0 Å². The molecule has 0 amide bonds. The second-order valence-corrected chi connectivity index (χ2v) is 7.83. The molecule has 1 fully saturated rings. The van der Waals surface area contributed by atoms with Crippen molar-refractivity contribution in [1.29, 1.82) is 0 Å². The summed E-state index contributed by atoms with van der Waals surface area (Å²) in [5.41, 5.74) is 10.8. The molecule has 4 heterocycles. The van der Waals surface area contributed by atoms with Gasteiger partial charge in [-0.25, -0.2) is 9.97 Å². The van der Waals surface area contributed by atoms with Crippen LogP contribution in [0.1, 0.15) is 36.7 Å². The molecule has 6 heteroatoms. The Bertz CT molecular complexity index is 878. The van der Waals surface area contributed by atoms with E-state index in [2.05, 4.69) is 41.0 Å². The summed E-state index contributed by atoms with van der Waals surface area (Å²) in [5.74, 6) is 1.93. The number of aliphatic imine (C=N–C) groups is 1. The molecule has 1 aromatic heterocycles. The van der Waals surface area contributed by atoms with Crippen molar-refractivity contribution in [2.45, 2.75) is 38.3 Å². The number of nitrogens with two attached hydrogens (primary N) is 1. The minimum absolute atomic E-state index is 0.0555. The Morgan fingerprint density at radius 1 is 1.12 bits per heavy atom. The number of hydrogen-bond acceptors (Lipinski definition) is 6. The SMILES string of the molecule is CC1(N)CCN(c2cnc3c(n2)CN=C3N2CCc3ccccc32)CC1. The molecule has 0 saturated carbocycles. The molecule has 0 spiro atoms. The third-order valence-electron chi connectivity index (χ3n) is 5.79. The highest BCUT2D eigenvalue weighted by molar-refractivity contribution is 6.11. The smallest absolute Gasteiger partial charge is 0.156 e. The summed E-state index contributed by atoms with van der Waals surface area (Å²) in [6.45, 7) is 5.59. The molecule has 1 saturated heterocycles. The maximum absolute atomic E-state index is 6.25. The highest BCUT2D eigenvalue weighted by atomic mass is 15.3. The monoisotopic (exact) mass is 348 g/mol. The minimum atomic E-state index is -0.0555. The van der Waals surface area contributed by atoms with Crippen LogP contribution in [0.2, 0.25) is 0 Å². The number of hydrogen-bond donors (Lipinski definition) is 1. The number of aromatic nitrogens is 2. The van der Waals surface area contributed by atoms with Gasteiger partial charge >= 0.3 is 0 Å². The summed E-state index contributed by atoms with van der Waals surface area (Å²) < 4.78 is 0. The van der Waals surface area contributed by atoms with Gasteiger partial charge < -0.3 is 15.5 Å². The lowest BCUT2D eigenvalue weighted by Crippen LogP contribution is -2.48. The molecular formula is C20H24N6. The third kappa shape index (κ3) is 2.56. The Hall–Kier alpha value is -2.47. The van der Waals surface area contributed by atoms with E-state index in [0.29, 0.717) is 6.54 Å². The lowest BCUT2D eigenvalue weighted by atomic mass is 9.91. The van der Waals surface area contributed by atoms with Gasteiger partial charge in [0, 0.05) is 30.9 Å². The van der Waals surface area contributed by atoms with Crippen molar-refractivity contribution in [2.75, 3.05) is 29.4 Å². The van der Waals surface area contributed by atoms with Crippen LogP contribution in [0.4, 0.5) is 11.5 Å². The zero-order valence-electron chi connectivity index (χ0n) is 15.1. The summed E-state index contributed by atoms with van der Waals surface area (Å²) in [5, 5.41) is 0. The molecule has 1 aromatic carbocycles. The third-order valence-corrected chi connectivity index (χ3v) is 5.79. The maximum Gasteiger partial charge on any atom is 0.156 e. The van der Waals surface area contributed by atoms with E-state index in [4.69, 9.17) is 20.7 Å². The van der Waals surface area contributed by atoms with E-state index in [9.17, 15) is 0 Å². The van der Waals surface area contributed by atoms with Crippen LogP contribution in [0.3, 0.4) is 0 Å². The number of piperidine rings is 1. The highest BCUT2D eigenvalue weighted by Gasteiger charge is 2.31. The van der Waals surface area contributed by atoms with Crippen molar-refractivity contribution in [1.82, 2.24) is 9.97 Å². The van der Waals surface area contributed by atoms with Gasteiger partial charge in [0.2, 0.25) is 0 Å². The number of rotatable bonds is 1. The molecule has 3 aliphatic rings. The molecule has 0 unspecified atom stereocenters. The van der Waals surface area contributed by atoms with Gasteiger partial charge in [0.25, 0.3) is 0 Å². The molecule has 3 aliphatic heterocycles. The first-order valence-corrected chi connectivity index (χ1v) is 9.41. The Labute approximate surface area is 153 Å². The molecule has 0 atom stereocenters. The van der Waals surface area contributed by atoms with Crippen LogP contribution < -0.4 is 15.5 Å². The van der Waals surface area contributed by atoms with Crippen LogP contribution in [0, 0.1) is 0 Å². The summed E-state index contributed by atoms with van der Waals surface area (Å²) in [7, 11) is 0. The lowest BCUT2D eigenvalue weighted by Gasteiger charge is -2.37. The summed E-state index contributed by atoms with van der Waals surface area (Å²) in [6, 6.07) is 8.55. The number of benzene rings is 1. The van der Waals surface area contributed by atoms with E-state index in [-0.39, 0.29) is 5.54 Å². The molecule has 0 aliphatic carbocycles. The van der Waals surface area contributed by atoms with Crippen LogP contribution >= 0.6 is 0 Å². The number of anilines is 2. The Balaban J connectivity index is 1.40. The van der Waals surface area contributed by atoms with E-state index in [0.717, 1.165) is 61.9 Å². The molecule has 2 N–H and O–H groups in total. The van der Waals surface area contributed by atoms with Gasteiger partial charge in [-0.15, -0.1) is 0 Å². The molecule has 26 heavy (non-hydrogen) atoms. The fourth-order valence-electron chi connectivity index (χ4n) is 4.11. The van der Waals surface area contributed by atoms with E-state index in [1.807, 2.05) is 6.20 Å². The van der Waals surface area contributed by atoms with E-state index in [1.165, 1.54) is 11.3 Å². The lowest BCUT2D eigenvalue weighted by molar-refractivity contribution is 0.363. The zero-order chi connectivity index (χ0) is 17.7. The van der Waals surface area contributed by atoms with Crippen LogP contribution in [0.5, 0.6) is 0 Å². The van der Waals surface area contributed by atoms with Crippen LogP contribution in [-0.2, 0) is 13.0 Å². The first-order chi connectivity index (χ1) is 12.6. The minimum Gasteiger partial charge on any atom is -0.355 e. The molecule has 0 bridgehead atoms. The van der Waals surface area contributed by atoms with E-state index < -0.39 is 0 Å². The molecule has 0 radical (unpaired) electrons. The van der Waals surface area contributed by atoms with Gasteiger partial charge in [-0.05, 0) is 37.8 Å². The zero-order valence-corrected chi connectivity index (χ0v) is 15.1. The number of para-hydroxylation sites is 1. The topological polar surface area (TPSA) is 70.6 Å². The molecule has 5 rings (SSSR count). The fraction of sp³-hybridized carbons (Fsp3) is 0.450. The second-order valence-electron chi connectivity index (χ2n) is 7.83. The molecular weight excluding hydrogens is 324 g/mol. The fourth-order valence-corrected chi connectivity index (χ4v) is 4.11.